The minimum absolute atomic E-state index is 0.183. The van der Waals surface area contributed by atoms with Crippen LogP contribution in [-0.2, 0) is 9.53 Å². The fourth-order valence-corrected chi connectivity index (χ4v) is 5.06. The van der Waals surface area contributed by atoms with E-state index in [4.69, 9.17) is 4.74 Å². The standard InChI is InChI=1S/C26H27N5O3S/c1-2-34-26(33)24-21(16-22(35-24)19-8-4-3-5-9-19)29-23(32)18-30-12-7-13-31(15-14-30)25-20(17-27)10-6-11-28-25/h3-6,8-11,16H,2,7,12-15,18H2,1H3,(H,29,32). The summed E-state index contributed by atoms with van der Waals surface area (Å²) in [6.07, 6.45) is 2.54. The number of hydrogen-bond donors (Lipinski definition) is 1. The third-order valence-electron chi connectivity index (χ3n) is 5.69. The lowest BCUT2D eigenvalue weighted by atomic mass is 10.2. The van der Waals surface area contributed by atoms with Gasteiger partial charge in [-0.3, -0.25) is 9.69 Å². The van der Waals surface area contributed by atoms with E-state index in [1.54, 1.807) is 25.3 Å². The van der Waals surface area contributed by atoms with Gasteiger partial charge in [-0.1, -0.05) is 30.3 Å². The van der Waals surface area contributed by atoms with Crippen LogP contribution in [0.1, 0.15) is 28.6 Å². The molecule has 1 amide bonds. The first kappa shape index (κ1) is 24.4. The van der Waals surface area contributed by atoms with Gasteiger partial charge in [-0.15, -0.1) is 11.3 Å². The Bertz CT molecular complexity index is 1220. The van der Waals surface area contributed by atoms with Gasteiger partial charge in [0.05, 0.1) is 24.4 Å². The van der Waals surface area contributed by atoms with Gasteiger partial charge in [-0.2, -0.15) is 5.26 Å². The highest BCUT2D eigenvalue weighted by atomic mass is 32.1. The van der Waals surface area contributed by atoms with Crippen LogP contribution in [0.25, 0.3) is 10.4 Å². The summed E-state index contributed by atoms with van der Waals surface area (Å²) in [5.74, 6) is 0.0631. The molecule has 4 rings (SSSR count). The average Bonchev–Trinajstić information content (AvgIpc) is 3.16. The molecule has 1 N–H and O–H groups in total. The second-order valence-corrected chi connectivity index (χ2v) is 9.14. The fraction of sp³-hybridized carbons (Fsp3) is 0.308. The largest absolute Gasteiger partial charge is 0.462 e. The van der Waals surface area contributed by atoms with E-state index in [0.717, 1.165) is 30.0 Å². The van der Waals surface area contributed by atoms with E-state index >= 15 is 0 Å². The molecule has 35 heavy (non-hydrogen) atoms. The molecule has 3 aromatic rings. The zero-order valence-electron chi connectivity index (χ0n) is 19.6. The smallest absolute Gasteiger partial charge is 0.350 e. The molecule has 9 heteroatoms. The summed E-state index contributed by atoms with van der Waals surface area (Å²) in [6.45, 7) is 5.08. The molecule has 1 fully saturated rings. The maximum Gasteiger partial charge on any atom is 0.350 e. The molecule has 0 bridgehead atoms. The van der Waals surface area contributed by atoms with Gasteiger partial charge in [0.25, 0.3) is 0 Å². The monoisotopic (exact) mass is 489 g/mol. The van der Waals surface area contributed by atoms with Gasteiger partial charge in [-0.25, -0.2) is 9.78 Å². The second kappa shape index (κ2) is 11.6. The topological polar surface area (TPSA) is 98.6 Å². The van der Waals surface area contributed by atoms with Crippen molar-refractivity contribution in [2.24, 2.45) is 0 Å². The van der Waals surface area contributed by atoms with Crippen molar-refractivity contribution in [1.82, 2.24) is 9.88 Å². The van der Waals surface area contributed by atoms with Crippen LogP contribution < -0.4 is 10.2 Å². The number of amides is 1. The van der Waals surface area contributed by atoms with E-state index in [1.807, 2.05) is 36.4 Å². The van der Waals surface area contributed by atoms with Crippen LogP contribution in [0.4, 0.5) is 11.5 Å². The van der Waals surface area contributed by atoms with Crippen molar-refractivity contribution in [3.63, 3.8) is 0 Å². The number of rotatable bonds is 7. The molecule has 0 unspecified atom stereocenters. The summed E-state index contributed by atoms with van der Waals surface area (Å²) >= 11 is 1.31. The summed E-state index contributed by atoms with van der Waals surface area (Å²) in [6, 6.07) is 17.3. The summed E-state index contributed by atoms with van der Waals surface area (Å²) in [5, 5.41) is 12.3. The van der Waals surface area contributed by atoms with Gasteiger partial charge >= 0.3 is 5.97 Å². The normalized spacial score (nSPS) is 14.1. The third kappa shape index (κ3) is 6.04. The van der Waals surface area contributed by atoms with E-state index in [9.17, 15) is 14.9 Å². The Labute approximate surface area is 208 Å². The molecule has 180 valence electrons. The molecule has 0 saturated carbocycles. The number of ether oxygens (including phenoxy) is 1. The van der Waals surface area contributed by atoms with E-state index < -0.39 is 5.97 Å². The Morgan fingerprint density at radius 3 is 2.74 bits per heavy atom. The van der Waals surface area contributed by atoms with Gasteiger partial charge in [0.15, 0.2) is 0 Å². The first-order chi connectivity index (χ1) is 17.1. The summed E-state index contributed by atoms with van der Waals surface area (Å²) in [5.41, 5.74) is 2.00. The highest BCUT2D eigenvalue weighted by Gasteiger charge is 2.23. The lowest BCUT2D eigenvalue weighted by Gasteiger charge is -2.23. The Hall–Kier alpha value is -3.74. The number of nitriles is 1. The number of thiophene rings is 1. The summed E-state index contributed by atoms with van der Waals surface area (Å²) in [4.78, 5) is 35.3. The maximum atomic E-state index is 13.0. The van der Waals surface area contributed by atoms with Crippen LogP contribution in [0.3, 0.4) is 0 Å². The number of carbonyl (C=O) groups excluding carboxylic acids is 2. The number of esters is 1. The van der Waals surface area contributed by atoms with Crippen molar-refractivity contribution in [1.29, 1.82) is 5.26 Å². The van der Waals surface area contributed by atoms with Gasteiger partial charge in [0, 0.05) is 37.3 Å². The first-order valence-corrected chi connectivity index (χ1v) is 12.4. The van der Waals surface area contributed by atoms with Crippen molar-refractivity contribution in [2.75, 3.05) is 49.5 Å². The van der Waals surface area contributed by atoms with Crippen LogP contribution in [0.5, 0.6) is 0 Å². The maximum absolute atomic E-state index is 13.0. The molecule has 0 aliphatic carbocycles. The number of carbonyl (C=O) groups is 2. The molecule has 1 saturated heterocycles. The van der Waals surface area contributed by atoms with Crippen molar-refractivity contribution >= 4 is 34.7 Å². The molecule has 1 aromatic carbocycles. The number of hydrogen-bond acceptors (Lipinski definition) is 8. The van der Waals surface area contributed by atoms with Crippen molar-refractivity contribution < 1.29 is 14.3 Å². The molecule has 3 heterocycles. The molecular weight excluding hydrogens is 462 g/mol. The van der Waals surface area contributed by atoms with E-state index in [1.165, 1.54) is 11.3 Å². The SMILES string of the molecule is CCOC(=O)c1sc(-c2ccccc2)cc1NC(=O)CN1CCCN(c2ncccc2C#N)CC1. The van der Waals surface area contributed by atoms with Gasteiger partial charge < -0.3 is 15.0 Å². The molecule has 1 aliphatic rings. The second-order valence-electron chi connectivity index (χ2n) is 8.09. The molecule has 0 spiro atoms. The van der Waals surface area contributed by atoms with Crippen LogP contribution in [0, 0.1) is 11.3 Å². The number of pyridine rings is 1. The highest BCUT2D eigenvalue weighted by Crippen LogP contribution is 2.35. The van der Waals surface area contributed by atoms with Crippen LogP contribution in [0.15, 0.2) is 54.7 Å². The zero-order valence-corrected chi connectivity index (χ0v) is 20.4. The minimum Gasteiger partial charge on any atom is -0.462 e. The van der Waals surface area contributed by atoms with Gasteiger partial charge in [-0.05, 0) is 37.1 Å². The lowest BCUT2D eigenvalue weighted by molar-refractivity contribution is -0.117. The van der Waals surface area contributed by atoms with Crippen molar-refractivity contribution in [3.8, 4) is 16.5 Å². The van der Waals surface area contributed by atoms with E-state index in [2.05, 4.69) is 26.2 Å². The predicted molar refractivity (Wildman–Crippen MR) is 137 cm³/mol. The average molecular weight is 490 g/mol. The Morgan fingerprint density at radius 2 is 1.97 bits per heavy atom. The molecule has 8 nitrogen and oxygen atoms in total. The molecule has 2 aromatic heterocycles. The Kier molecular flexibility index (Phi) is 8.08. The fourth-order valence-electron chi connectivity index (χ4n) is 4.05. The van der Waals surface area contributed by atoms with E-state index in [0.29, 0.717) is 35.0 Å². The minimum atomic E-state index is -0.441. The van der Waals surface area contributed by atoms with Crippen molar-refractivity contribution in [3.05, 3.63) is 65.2 Å². The Balaban J connectivity index is 1.43. The molecule has 0 radical (unpaired) electrons. The van der Waals surface area contributed by atoms with Gasteiger partial charge in [0.2, 0.25) is 5.91 Å². The molecule has 0 atom stereocenters. The van der Waals surface area contributed by atoms with Crippen molar-refractivity contribution in [2.45, 2.75) is 13.3 Å². The number of nitrogens with zero attached hydrogens (tertiary/aromatic N) is 4. The first-order valence-electron chi connectivity index (χ1n) is 11.6. The quantitative estimate of drug-likeness (QED) is 0.501. The lowest BCUT2D eigenvalue weighted by Crippen LogP contribution is -2.36. The molecular formula is C26H27N5O3S. The number of aromatic nitrogens is 1. The third-order valence-corrected chi connectivity index (χ3v) is 6.85. The van der Waals surface area contributed by atoms with Crippen LogP contribution in [-0.4, -0.2) is 61.1 Å². The van der Waals surface area contributed by atoms with Crippen LogP contribution in [0.2, 0.25) is 0 Å². The Morgan fingerprint density at radius 1 is 1.14 bits per heavy atom. The van der Waals surface area contributed by atoms with Gasteiger partial charge in [0.1, 0.15) is 16.8 Å². The number of nitrogens with one attached hydrogen (secondary N) is 1. The summed E-state index contributed by atoms with van der Waals surface area (Å²) < 4.78 is 5.21. The number of anilines is 2. The number of benzene rings is 1. The van der Waals surface area contributed by atoms with Crippen LogP contribution >= 0.6 is 11.3 Å². The predicted octanol–water partition coefficient (Wildman–Crippen LogP) is 4.01. The summed E-state index contributed by atoms with van der Waals surface area (Å²) in [7, 11) is 0. The molecule has 1 aliphatic heterocycles. The highest BCUT2D eigenvalue weighted by molar-refractivity contribution is 7.18. The van der Waals surface area contributed by atoms with E-state index in [-0.39, 0.29) is 19.1 Å². The zero-order chi connectivity index (χ0) is 24.6.